The van der Waals surface area contributed by atoms with Crippen molar-refractivity contribution in [3.8, 4) is 17.2 Å². The fourth-order valence-corrected chi connectivity index (χ4v) is 4.15. The van der Waals surface area contributed by atoms with Crippen molar-refractivity contribution in [1.82, 2.24) is 0 Å². The first-order valence-electron chi connectivity index (χ1n) is 7.37. The lowest BCUT2D eigenvalue weighted by atomic mass is 10.3. The van der Waals surface area contributed by atoms with E-state index in [0.29, 0.717) is 32.3 Å². The van der Waals surface area contributed by atoms with Gasteiger partial charge in [0.1, 0.15) is 17.2 Å². The van der Waals surface area contributed by atoms with Crippen LogP contribution in [0.3, 0.4) is 0 Å². The molecule has 0 aromatic heterocycles. The Morgan fingerprint density at radius 3 is 1.04 bits per heavy atom. The van der Waals surface area contributed by atoms with Crippen molar-refractivity contribution in [3.05, 3.63) is 87.9 Å². The Balaban J connectivity index is 1.86. The van der Waals surface area contributed by atoms with Gasteiger partial charge in [0.05, 0.1) is 15.1 Å². The fraction of sp³-hybridized carbons (Fsp3) is 0. The van der Waals surface area contributed by atoms with Gasteiger partial charge in [0, 0.05) is 0 Å². The van der Waals surface area contributed by atoms with Crippen LogP contribution in [0, 0.1) is 0 Å². The largest absolute Gasteiger partial charge is 1.20 e. The van der Waals surface area contributed by atoms with E-state index in [0.717, 1.165) is 0 Å². The Labute approximate surface area is 166 Å². The van der Waals surface area contributed by atoms with Crippen LogP contribution >= 0.6 is 34.8 Å². The van der Waals surface area contributed by atoms with E-state index in [2.05, 4.69) is 0 Å². The van der Waals surface area contributed by atoms with Crippen molar-refractivity contribution in [3.63, 3.8) is 0 Å². The molecule has 0 fully saturated rings. The van der Waals surface area contributed by atoms with Crippen molar-refractivity contribution in [2.24, 2.45) is 0 Å². The quantitative estimate of drug-likeness (QED) is 0.456. The van der Waals surface area contributed by atoms with E-state index in [-0.39, 0.29) is 0 Å². The van der Waals surface area contributed by atoms with Crippen LogP contribution in [0.2, 0.25) is 15.1 Å². The maximum atomic E-state index is 6.17. The summed E-state index contributed by atoms with van der Waals surface area (Å²) in [6.07, 6.45) is 0. The van der Waals surface area contributed by atoms with Crippen LogP contribution in [0.25, 0.3) is 0 Å². The molecule has 0 saturated carbocycles. The monoisotopic (exact) mass is 408 g/mol. The van der Waals surface area contributed by atoms with E-state index in [4.69, 9.17) is 46.2 Å². The fourth-order valence-electron chi connectivity index (χ4n) is 2.00. The summed E-state index contributed by atoms with van der Waals surface area (Å²) in [7, 11) is 0. The van der Waals surface area contributed by atoms with Gasteiger partial charge in [-0.2, -0.15) is 0 Å². The van der Waals surface area contributed by atoms with Gasteiger partial charge in [-0.1, -0.05) is 71.2 Å². The summed E-state index contributed by atoms with van der Waals surface area (Å²) in [5, 5.41) is 1.39. The molecule has 3 aromatic rings. The van der Waals surface area contributed by atoms with Crippen molar-refractivity contribution in [2.45, 2.75) is 0 Å². The van der Waals surface area contributed by atoms with Gasteiger partial charge in [-0.3, -0.25) is 0 Å². The van der Waals surface area contributed by atoms with E-state index in [9.17, 15) is 0 Å². The minimum Gasteiger partial charge on any atom is -0.576 e. The van der Waals surface area contributed by atoms with Crippen LogP contribution in [-0.4, -0.2) is 15.1 Å². The molecule has 126 valence electrons. The van der Waals surface area contributed by atoms with Crippen molar-refractivity contribution in [2.75, 3.05) is 0 Å². The highest BCUT2D eigenvalue weighted by atomic mass is 35.5. The minimum absolute atomic E-state index is 0.463. The summed E-state index contributed by atoms with van der Waals surface area (Å²) in [5.41, 5.74) is 0. The second kappa shape index (κ2) is 8.71. The van der Waals surface area contributed by atoms with Gasteiger partial charge in [0.2, 0.25) is 0 Å². The molecule has 25 heavy (non-hydrogen) atoms. The van der Waals surface area contributed by atoms with Gasteiger partial charge in [-0.15, -0.1) is 0 Å². The van der Waals surface area contributed by atoms with Crippen LogP contribution < -0.4 is 11.4 Å². The van der Waals surface area contributed by atoms with E-state index in [1.807, 2.05) is 36.4 Å². The van der Waals surface area contributed by atoms with E-state index < -0.39 is 15.1 Å². The third kappa shape index (κ3) is 4.98. The zero-order valence-electron chi connectivity index (χ0n) is 12.9. The molecule has 3 aromatic carbocycles. The van der Waals surface area contributed by atoms with Gasteiger partial charge < -0.3 is 11.4 Å². The molecule has 0 radical (unpaired) electrons. The molecule has 0 aliphatic rings. The predicted octanol–water partition coefficient (Wildman–Crippen LogP) is 6.17. The van der Waals surface area contributed by atoms with E-state index in [1.165, 1.54) is 0 Å². The van der Waals surface area contributed by atoms with Crippen molar-refractivity contribution in [1.29, 1.82) is 0 Å². The summed E-state index contributed by atoms with van der Waals surface area (Å²) >= 11 is 15.8. The van der Waals surface area contributed by atoms with E-state index in [1.54, 1.807) is 36.4 Å². The molecule has 0 bridgehead atoms. The summed E-state index contributed by atoms with van der Waals surface area (Å²) in [4.78, 5) is 0. The number of benzene rings is 3. The van der Waals surface area contributed by atoms with Gasteiger partial charge in [-0.05, 0) is 36.4 Å². The van der Waals surface area contributed by atoms with Gasteiger partial charge in [0.25, 0.3) is 0 Å². The molecular weight excluding hydrogens is 398 g/mol. The highest BCUT2D eigenvalue weighted by Crippen LogP contribution is 2.29. The molecule has 0 N–H and O–H groups in total. The maximum absolute atomic E-state index is 6.17. The number of halogens is 3. The van der Waals surface area contributed by atoms with Crippen LogP contribution in [0.5, 0.6) is 17.2 Å². The molecule has 0 aliphatic heterocycles. The van der Waals surface area contributed by atoms with Crippen molar-refractivity contribution >= 4 is 50.0 Å². The van der Waals surface area contributed by atoms with Crippen LogP contribution in [-0.2, 0) is 0 Å². The Bertz CT molecular complexity index is 747. The molecule has 0 heterocycles. The van der Waals surface area contributed by atoms with Gasteiger partial charge in [0.15, 0.2) is 0 Å². The predicted molar refractivity (Wildman–Crippen MR) is 102 cm³/mol. The molecule has 0 aliphatic carbocycles. The molecule has 0 spiro atoms. The Kier molecular flexibility index (Phi) is 6.36. The average molecular weight is 410 g/mol. The normalized spacial score (nSPS) is 10.2. The average Bonchev–Trinajstić information content (AvgIpc) is 2.61. The topological polar surface area (TPSA) is 27.7 Å². The van der Waals surface area contributed by atoms with Crippen LogP contribution in [0.15, 0.2) is 72.8 Å². The number of para-hydroxylation sites is 3. The molecule has 0 atom stereocenters. The number of hydrogen-bond acceptors (Lipinski definition) is 3. The third-order valence-corrected chi connectivity index (χ3v) is 5.46. The molecular formula is C18H12AlCl3O3. The molecule has 7 heteroatoms. The number of rotatable bonds is 6. The zero-order valence-corrected chi connectivity index (χ0v) is 16.3. The zero-order chi connectivity index (χ0) is 17.6. The standard InChI is InChI=1S/3C6H5ClO.Al/c3*7-5-3-1-2-4-6(5)8;/h3*1-4,8H;/q;;;+3/p-3. The highest BCUT2D eigenvalue weighted by molar-refractivity contribution is 6.42. The van der Waals surface area contributed by atoms with Crippen molar-refractivity contribution < 1.29 is 11.4 Å². The van der Waals surface area contributed by atoms with E-state index >= 15 is 0 Å². The third-order valence-electron chi connectivity index (χ3n) is 3.18. The molecule has 0 saturated heterocycles. The highest BCUT2D eigenvalue weighted by Gasteiger charge is 2.45. The van der Waals surface area contributed by atoms with Crippen LogP contribution in [0.4, 0.5) is 0 Å². The first-order chi connectivity index (χ1) is 12.1. The lowest BCUT2D eigenvalue weighted by molar-refractivity contribution is 0.307. The summed E-state index contributed by atoms with van der Waals surface area (Å²) < 4.78 is 17.7. The van der Waals surface area contributed by atoms with Crippen LogP contribution in [0.1, 0.15) is 0 Å². The molecule has 3 nitrogen and oxygen atoms in total. The van der Waals surface area contributed by atoms with Gasteiger partial charge in [-0.25, -0.2) is 0 Å². The minimum atomic E-state index is -2.75. The lowest BCUT2D eigenvalue weighted by Gasteiger charge is -2.18. The SMILES string of the molecule is Clc1ccccc1[O][Al]([O]c1ccccc1Cl)[O]c1ccccc1Cl. The first-order valence-corrected chi connectivity index (χ1v) is 9.92. The molecule has 0 amide bonds. The Morgan fingerprint density at radius 2 is 0.760 bits per heavy atom. The summed E-state index contributed by atoms with van der Waals surface area (Å²) in [5.74, 6) is 1.42. The Hall–Kier alpha value is -1.54. The number of hydrogen-bond donors (Lipinski definition) is 0. The maximum Gasteiger partial charge on any atom is 1.20 e. The summed E-state index contributed by atoms with van der Waals surface area (Å²) in [6.45, 7) is 0. The second-order valence-corrected chi connectivity index (χ2v) is 7.44. The first kappa shape index (κ1) is 18.3. The molecule has 3 rings (SSSR count). The Morgan fingerprint density at radius 1 is 0.480 bits per heavy atom. The smallest absolute Gasteiger partial charge is 0.576 e. The molecule has 0 unspecified atom stereocenters. The second-order valence-electron chi connectivity index (χ2n) is 4.93. The summed E-state index contributed by atoms with van der Waals surface area (Å²) in [6, 6.07) is 21.3. The lowest BCUT2D eigenvalue weighted by Crippen LogP contribution is -2.37. The van der Waals surface area contributed by atoms with Gasteiger partial charge >= 0.3 is 15.1 Å².